The maximum Gasteiger partial charge on any atom is -0.0443 e. The molecule has 0 amide bonds. The zero-order chi connectivity index (χ0) is 32.1. The SMILES string of the molecule is CC.CC.CC.CC1CCCCCCC1.CC1CCCCCCC1.CC1CCCCCCC1.CC1CCCCCCC1. The minimum atomic E-state index is 1.02. The number of hydrogen-bond acceptors (Lipinski definition) is 0. The molecule has 0 spiro atoms. The van der Waals surface area contributed by atoms with Gasteiger partial charge in [0.2, 0.25) is 0 Å². The Morgan fingerprint density at radius 2 is 0.286 bits per heavy atom. The molecule has 0 saturated heterocycles. The van der Waals surface area contributed by atoms with E-state index in [1.54, 1.807) is 0 Å². The normalized spacial score (nSPS) is 21.9. The fourth-order valence-corrected chi connectivity index (χ4v) is 6.64. The molecule has 4 rings (SSSR count). The van der Waals surface area contributed by atoms with E-state index in [0.29, 0.717) is 0 Å². The average Bonchev–Trinajstić information content (AvgIpc) is 2.97. The van der Waals surface area contributed by atoms with Gasteiger partial charge < -0.3 is 0 Å². The molecule has 0 aromatic rings. The lowest BCUT2D eigenvalue weighted by Gasteiger charge is -2.13. The van der Waals surface area contributed by atoms with E-state index in [9.17, 15) is 0 Å². The molecule has 4 aliphatic carbocycles. The van der Waals surface area contributed by atoms with Gasteiger partial charge in [-0.3, -0.25) is 0 Å². The molecule has 4 fully saturated rings. The first-order valence-electron chi connectivity index (χ1n) is 20.6. The van der Waals surface area contributed by atoms with Gasteiger partial charge in [-0.05, 0) is 23.7 Å². The van der Waals surface area contributed by atoms with Gasteiger partial charge in [0.15, 0.2) is 0 Å². The van der Waals surface area contributed by atoms with Crippen LogP contribution in [0.1, 0.15) is 249 Å². The molecular formula is C42H90. The zero-order valence-electron chi connectivity index (χ0n) is 32.1. The summed E-state index contributed by atoms with van der Waals surface area (Å²) in [6.45, 7) is 21.6. The van der Waals surface area contributed by atoms with Crippen LogP contribution in [0.25, 0.3) is 0 Å². The van der Waals surface area contributed by atoms with Crippen molar-refractivity contribution in [3.63, 3.8) is 0 Å². The summed E-state index contributed by atoms with van der Waals surface area (Å²) < 4.78 is 0. The van der Waals surface area contributed by atoms with Gasteiger partial charge in [0.05, 0.1) is 0 Å². The predicted molar refractivity (Wildman–Crippen MR) is 200 cm³/mol. The Hall–Kier alpha value is 0. The second kappa shape index (κ2) is 41.0. The third kappa shape index (κ3) is 38.0. The Kier molecular flexibility index (Phi) is 45.3. The van der Waals surface area contributed by atoms with Crippen molar-refractivity contribution in [3.8, 4) is 0 Å². The van der Waals surface area contributed by atoms with Crippen LogP contribution >= 0.6 is 0 Å². The predicted octanol–water partition coefficient (Wildman–Crippen LogP) is 16.5. The second-order valence-corrected chi connectivity index (χ2v) is 13.8. The van der Waals surface area contributed by atoms with Crippen LogP contribution in [0.4, 0.5) is 0 Å². The summed E-state index contributed by atoms with van der Waals surface area (Å²) in [6.07, 6.45) is 41.7. The molecule has 0 aliphatic heterocycles. The van der Waals surface area contributed by atoms with Crippen LogP contribution in [0.3, 0.4) is 0 Å². The summed E-state index contributed by atoms with van der Waals surface area (Å²) >= 11 is 0. The maximum absolute atomic E-state index is 2.39. The number of hydrogen-bond donors (Lipinski definition) is 0. The Morgan fingerprint density at radius 3 is 0.405 bits per heavy atom. The topological polar surface area (TPSA) is 0 Å². The highest BCUT2D eigenvalue weighted by molar-refractivity contribution is 4.60. The lowest BCUT2D eigenvalue weighted by atomic mass is 9.93. The van der Waals surface area contributed by atoms with Crippen LogP contribution in [0.15, 0.2) is 0 Å². The minimum Gasteiger partial charge on any atom is -0.0683 e. The second-order valence-electron chi connectivity index (χ2n) is 13.8. The van der Waals surface area contributed by atoms with Crippen molar-refractivity contribution >= 4 is 0 Å². The van der Waals surface area contributed by atoms with Gasteiger partial charge in [0, 0.05) is 0 Å². The van der Waals surface area contributed by atoms with Crippen molar-refractivity contribution in [2.24, 2.45) is 23.7 Å². The third-order valence-electron chi connectivity index (χ3n) is 9.58. The van der Waals surface area contributed by atoms with Gasteiger partial charge in [0.1, 0.15) is 0 Å². The van der Waals surface area contributed by atoms with Crippen LogP contribution in [-0.2, 0) is 0 Å². The minimum absolute atomic E-state index is 1.02. The molecule has 0 aromatic heterocycles. The van der Waals surface area contributed by atoms with Crippen molar-refractivity contribution in [1.82, 2.24) is 0 Å². The van der Waals surface area contributed by atoms with Gasteiger partial charge >= 0.3 is 0 Å². The standard InChI is InChI=1S/4C9H18.3C2H6/c4*1-9-7-5-3-2-4-6-8-9;3*1-2/h4*9H,2-8H2,1H3;3*1-2H3. The van der Waals surface area contributed by atoms with Crippen LogP contribution in [0, 0.1) is 23.7 Å². The highest BCUT2D eigenvalue weighted by Crippen LogP contribution is 2.23. The smallest absolute Gasteiger partial charge is 0.0443 e. The van der Waals surface area contributed by atoms with Crippen molar-refractivity contribution in [3.05, 3.63) is 0 Å². The van der Waals surface area contributed by atoms with Crippen LogP contribution < -0.4 is 0 Å². The lowest BCUT2D eigenvalue weighted by Crippen LogP contribution is -1.97. The first-order chi connectivity index (χ1) is 20.6. The van der Waals surface area contributed by atoms with Crippen molar-refractivity contribution in [2.75, 3.05) is 0 Å². The van der Waals surface area contributed by atoms with E-state index < -0.39 is 0 Å². The molecule has 0 nitrogen and oxygen atoms in total. The zero-order valence-corrected chi connectivity index (χ0v) is 32.1. The van der Waals surface area contributed by atoms with E-state index in [4.69, 9.17) is 0 Å². The molecule has 0 radical (unpaired) electrons. The fraction of sp³-hybridized carbons (Fsp3) is 1.00. The fourth-order valence-electron chi connectivity index (χ4n) is 6.64. The maximum atomic E-state index is 2.39. The van der Waals surface area contributed by atoms with Gasteiger partial charge in [-0.15, -0.1) is 0 Å². The molecule has 0 bridgehead atoms. The molecule has 42 heavy (non-hydrogen) atoms. The molecule has 4 aliphatic rings. The van der Waals surface area contributed by atoms with Crippen LogP contribution in [-0.4, -0.2) is 0 Å². The van der Waals surface area contributed by atoms with Crippen molar-refractivity contribution < 1.29 is 0 Å². The van der Waals surface area contributed by atoms with Gasteiger partial charge in [-0.25, -0.2) is 0 Å². The molecule has 0 heterocycles. The highest BCUT2D eigenvalue weighted by Gasteiger charge is 2.06. The molecule has 0 atom stereocenters. The monoisotopic (exact) mass is 595 g/mol. The third-order valence-corrected chi connectivity index (χ3v) is 9.58. The molecule has 0 unspecified atom stereocenters. The summed E-state index contributed by atoms with van der Waals surface area (Å²) in [7, 11) is 0. The summed E-state index contributed by atoms with van der Waals surface area (Å²) in [4.78, 5) is 0. The Balaban J connectivity index is -0.000000455. The van der Waals surface area contributed by atoms with Gasteiger partial charge in [0.25, 0.3) is 0 Å². The van der Waals surface area contributed by atoms with Crippen molar-refractivity contribution in [1.29, 1.82) is 0 Å². The molecule has 0 heteroatoms. The van der Waals surface area contributed by atoms with Crippen LogP contribution in [0.5, 0.6) is 0 Å². The first-order valence-corrected chi connectivity index (χ1v) is 20.6. The summed E-state index contributed by atoms with van der Waals surface area (Å²) in [6, 6.07) is 0. The molecule has 0 N–H and O–H groups in total. The average molecular weight is 595 g/mol. The Bertz CT molecular complexity index is 314. The van der Waals surface area contributed by atoms with E-state index in [0.717, 1.165) is 23.7 Å². The Labute approximate surface area is 272 Å². The summed E-state index contributed by atoms with van der Waals surface area (Å²) in [5, 5.41) is 0. The van der Waals surface area contributed by atoms with E-state index in [1.165, 1.54) is 180 Å². The highest BCUT2D eigenvalue weighted by atomic mass is 14.1. The van der Waals surface area contributed by atoms with E-state index in [1.807, 2.05) is 41.5 Å². The lowest BCUT2D eigenvalue weighted by molar-refractivity contribution is 0.404. The Morgan fingerprint density at radius 1 is 0.190 bits per heavy atom. The van der Waals surface area contributed by atoms with Gasteiger partial charge in [-0.1, -0.05) is 249 Å². The quantitative estimate of drug-likeness (QED) is 0.262. The summed E-state index contributed by atoms with van der Waals surface area (Å²) in [5.74, 6) is 4.08. The molecular weight excluding hydrogens is 504 g/mol. The first kappa shape index (κ1) is 46.4. The van der Waals surface area contributed by atoms with E-state index in [2.05, 4.69) is 27.7 Å². The van der Waals surface area contributed by atoms with Crippen molar-refractivity contribution in [2.45, 2.75) is 249 Å². The summed E-state index contributed by atoms with van der Waals surface area (Å²) in [5.41, 5.74) is 0. The number of rotatable bonds is 0. The molecule has 258 valence electrons. The van der Waals surface area contributed by atoms with E-state index in [-0.39, 0.29) is 0 Å². The van der Waals surface area contributed by atoms with E-state index >= 15 is 0 Å². The largest absolute Gasteiger partial charge is 0.0683 e. The molecule has 4 saturated carbocycles. The van der Waals surface area contributed by atoms with Gasteiger partial charge in [-0.2, -0.15) is 0 Å². The van der Waals surface area contributed by atoms with Crippen LogP contribution in [0.2, 0.25) is 0 Å². The molecule has 0 aromatic carbocycles.